The Kier molecular flexibility index (Phi) is 7.84. The SMILES string of the molecule is CC(=O)S[C@H]1CC(=O)N(Cc2ccc(Oc3ccccc3)cc2)[C@@H]1COC1CCCCO1. The zero-order valence-electron chi connectivity index (χ0n) is 18.3. The van der Waals surface area contributed by atoms with Crippen LogP contribution in [0.5, 0.6) is 11.5 Å². The summed E-state index contributed by atoms with van der Waals surface area (Å²) in [4.78, 5) is 26.4. The fourth-order valence-corrected chi connectivity index (χ4v) is 5.11. The molecule has 0 saturated carbocycles. The van der Waals surface area contributed by atoms with Crippen molar-refractivity contribution in [2.45, 2.75) is 56.7 Å². The fraction of sp³-hybridized carbons (Fsp3) is 0.440. The molecule has 1 unspecified atom stereocenters. The van der Waals surface area contributed by atoms with Gasteiger partial charge in [0.25, 0.3) is 0 Å². The minimum atomic E-state index is -0.223. The lowest BCUT2D eigenvalue weighted by atomic mass is 10.1. The number of likely N-dealkylation sites (tertiary alicyclic amines) is 1. The summed E-state index contributed by atoms with van der Waals surface area (Å²) in [5.74, 6) is 1.57. The average molecular weight is 456 g/mol. The van der Waals surface area contributed by atoms with Crippen molar-refractivity contribution in [3.8, 4) is 11.5 Å². The smallest absolute Gasteiger partial charge is 0.224 e. The molecule has 2 heterocycles. The first kappa shape index (κ1) is 22.8. The van der Waals surface area contributed by atoms with E-state index in [1.165, 1.54) is 11.8 Å². The number of benzene rings is 2. The minimum absolute atomic E-state index is 0.0194. The molecule has 0 aliphatic carbocycles. The summed E-state index contributed by atoms with van der Waals surface area (Å²) in [6.07, 6.45) is 3.13. The Morgan fingerprint density at radius 1 is 1.09 bits per heavy atom. The van der Waals surface area contributed by atoms with Gasteiger partial charge in [-0.25, -0.2) is 0 Å². The normalized spacial score (nSPS) is 23.3. The van der Waals surface area contributed by atoms with Gasteiger partial charge in [-0.05, 0) is 49.1 Å². The molecule has 0 spiro atoms. The van der Waals surface area contributed by atoms with Crippen LogP contribution in [0.25, 0.3) is 0 Å². The molecule has 2 aliphatic rings. The number of hydrogen-bond donors (Lipinski definition) is 0. The van der Waals surface area contributed by atoms with E-state index in [-0.39, 0.29) is 28.6 Å². The van der Waals surface area contributed by atoms with Crippen molar-refractivity contribution in [2.24, 2.45) is 0 Å². The zero-order chi connectivity index (χ0) is 22.3. The molecule has 2 saturated heterocycles. The van der Waals surface area contributed by atoms with Crippen LogP contribution in [0, 0.1) is 0 Å². The predicted molar refractivity (Wildman–Crippen MR) is 124 cm³/mol. The molecule has 0 N–H and O–H groups in total. The van der Waals surface area contributed by atoms with Gasteiger partial charge in [0.1, 0.15) is 11.5 Å². The number of para-hydroxylation sites is 1. The summed E-state index contributed by atoms with van der Waals surface area (Å²) in [6, 6.07) is 17.2. The topological polar surface area (TPSA) is 65.1 Å². The fourth-order valence-electron chi connectivity index (χ4n) is 4.08. The lowest BCUT2D eigenvalue weighted by Gasteiger charge is -2.30. The van der Waals surface area contributed by atoms with Crippen molar-refractivity contribution < 1.29 is 23.8 Å². The molecular weight excluding hydrogens is 426 g/mol. The highest BCUT2D eigenvalue weighted by Crippen LogP contribution is 2.33. The maximum Gasteiger partial charge on any atom is 0.224 e. The quantitative estimate of drug-likeness (QED) is 0.571. The van der Waals surface area contributed by atoms with E-state index in [9.17, 15) is 9.59 Å². The van der Waals surface area contributed by atoms with E-state index in [1.54, 1.807) is 6.92 Å². The lowest BCUT2D eigenvalue weighted by molar-refractivity contribution is -0.170. The van der Waals surface area contributed by atoms with Gasteiger partial charge in [0, 0.05) is 31.7 Å². The molecule has 1 amide bonds. The maximum absolute atomic E-state index is 12.8. The van der Waals surface area contributed by atoms with Crippen molar-refractivity contribution in [1.29, 1.82) is 0 Å². The van der Waals surface area contributed by atoms with Gasteiger partial charge in [-0.1, -0.05) is 42.1 Å². The minimum Gasteiger partial charge on any atom is -0.457 e. The van der Waals surface area contributed by atoms with E-state index in [0.29, 0.717) is 26.2 Å². The van der Waals surface area contributed by atoms with Gasteiger partial charge in [0.05, 0.1) is 12.6 Å². The summed E-state index contributed by atoms with van der Waals surface area (Å²) in [5.41, 5.74) is 1.01. The number of carbonyl (C=O) groups is 2. The second kappa shape index (κ2) is 11.0. The Balaban J connectivity index is 1.41. The van der Waals surface area contributed by atoms with Gasteiger partial charge >= 0.3 is 0 Å². The molecule has 2 fully saturated rings. The van der Waals surface area contributed by atoms with Gasteiger partial charge in [0.15, 0.2) is 11.4 Å². The Labute approximate surface area is 193 Å². The molecule has 6 nitrogen and oxygen atoms in total. The van der Waals surface area contributed by atoms with Crippen molar-refractivity contribution in [1.82, 2.24) is 4.90 Å². The molecule has 3 atom stereocenters. The summed E-state index contributed by atoms with van der Waals surface area (Å²) < 4.78 is 17.6. The number of hydrogen-bond acceptors (Lipinski definition) is 6. The highest BCUT2D eigenvalue weighted by Gasteiger charge is 2.41. The molecular formula is C25H29NO5S. The van der Waals surface area contributed by atoms with Gasteiger partial charge < -0.3 is 19.1 Å². The Morgan fingerprint density at radius 3 is 2.53 bits per heavy atom. The van der Waals surface area contributed by atoms with Gasteiger partial charge in [-0.3, -0.25) is 9.59 Å². The van der Waals surface area contributed by atoms with E-state index < -0.39 is 0 Å². The summed E-state index contributed by atoms with van der Waals surface area (Å²) in [6.45, 7) is 3.10. The number of thioether (sulfide) groups is 1. The molecule has 0 bridgehead atoms. The first-order valence-corrected chi connectivity index (χ1v) is 12.0. The van der Waals surface area contributed by atoms with Crippen LogP contribution < -0.4 is 4.74 Å². The van der Waals surface area contributed by atoms with E-state index in [4.69, 9.17) is 14.2 Å². The molecule has 32 heavy (non-hydrogen) atoms. The van der Waals surface area contributed by atoms with Crippen molar-refractivity contribution in [2.75, 3.05) is 13.2 Å². The first-order chi connectivity index (χ1) is 15.6. The summed E-state index contributed by atoms with van der Waals surface area (Å²) in [5, 5.41) is -0.0877. The molecule has 2 aromatic rings. The number of carbonyl (C=O) groups excluding carboxylic acids is 2. The first-order valence-electron chi connectivity index (χ1n) is 11.1. The third kappa shape index (κ3) is 6.12. The van der Waals surface area contributed by atoms with Crippen LogP contribution >= 0.6 is 11.8 Å². The van der Waals surface area contributed by atoms with E-state index >= 15 is 0 Å². The zero-order valence-corrected chi connectivity index (χ0v) is 19.1. The monoisotopic (exact) mass is 455 g/mol. The van der Waals surface area contributed by atoms with Crippen LogP contribution in [0.4, 0.5) is 0 Å². The van der Waals surface area contributed by atoms with Crippen LogP contribution in [0.1, 0.15) is 38.2 Å². The van der Waals surface area contributed by atoms with E-state index in [2.05, 4.69) is 0 Å². The highest BCUT2D eigenvalue weighted by molar-refractivity contribution is 8.14. The predicted octanol–water partition coefficient (Wildman–Crippen LogP) is 4.77. The van der Waals surface area contributed by atoms with Gasteiger partial charge in [-0.2, -0.15) is 0 Å². The van der Waals surface area contributed by atoms with Crippen molar-refractivity contribution >= 4 is 22.8 Å². The number of ether oxygens (including phenoxy) is 3. The molecule has 2 aromatic carbocycles. The standard InChI is InChI=1S/C25H29NO5S/c1-18(27)32-23-15-24(28)26(22(23)17-30-25-9-5-6-14-29-25)16-19-10-12-21(13-11-19)31-20-7-3-2-4-8-20/h2-4,7-8,10-13,22-23,25H,5-6,9,14-17H2,1H3/t22-,23+,25?/m1/s1. The third-order valence-electron chi connectivity index (χ3n) is 5.69. The molecule has 7 heteroatoms. The van der Waals surface area contributed by atoms with Crippen LogP contribution in [-0.2, 0) is 25.6 Å². The third-order valence-corrected chi connectivity index (χ3v) is 6.80. The lowest BCUT2D eigenvalue weighted by Crippen LogP contribution is -2.41. The average Bonchev–Trinajstić information content (AvgIpc) is 3.08. The maximum atomic E-state index is 12.8. The second-order valence-electron chi connectivity index (χ2n) is 8.13. The van der Waals surface area contributed by atoms with Crippen LogP contribution in [0.3, 0.4) is 0 Å². The molecule has 170 valence electrons. The molecule has 0 radical (unpaired) electrons. The Hall–Kier alpha value is -2.35. The van der Waals surface area contributed by atoms with Gasteiger partial charge in [0.2, 0.25) is 5.91 Å². The van der Waals surface area contributed by atoms with Crippen LogP contribution in [0.2, 0.25) is 0 Å². The number of nitrogens with zero attached hydrogens (tertiary/aromatic N) is 1. The van der Waals surface area contributed by atoms with Gasteiger partial charge in [-0.15, -0.1) is 0 Å². The Bertz CT molecular complexity index is 898. The Morgan fingerprint density at radius 2 is 1.84 bits per heavy atom. The largest absolute Gasteiger partial charge is 0.457 e. The second-order valence-corrected chi connectivity index (χ2v) is 9.55. The van der Waals surface area contributed by atoms with Crippen molar-refractivity contribution in [3.63, 3.8) is 0 Å². The van der Waals surface area contributed by atoms with Crippen LogP contribution in [0.15, 0.2) is 54.6 Å². The van der Waals surface area contributed by atoms with E-state index in [0.717, 1.165) is 36.3 Å². The van der Waals surface area contributed by atoms with Crippen LogP contribution in [-0.4, -0.2) is 46.7 Å². The molecule has 0 aromatic heterocycles. The summed E-state index contributed by atoms with van der Waals surface area (Å²) >= 11 is 1.24. The number of amides is 1. The molecule has 2 aliphatic heterocycles. The van der Waals surface area contributed by atoms with Crippen molar-refractivity contribution in [3.05, 3.63) is 60.2 Å². The number of rotatable bonds is 8. The summed E-state index contributed by atoms with van der Waals surface area (Å²) in [7, 11) is 0. The van der Waals surface area contributed by atoms with E-state index in [1.807, 2.05) is 59.5 Å². The highest BCUT2D eigenvalue weighted by atomic mass is 32.2. The molecule has 4 rings (SSSR count).